The van der Waals surface area contributed by atoms with E-state index in [1.165, 1.54) is 0 Å². The number of nitrogens with zero attached hydrogens (tertiary/aromatic N) is 1. The van der Waals surface area contributed by atoms with E-state index in [0.717, 1.165) is 12.3 Å². The van der Waals surface area contributed by atoms with Gasteiger partial charge in [-0.15, -0.1) is 0 Å². The van der Waals surface area contributed by atoms with Gasteiger partial charge in [0.15, 0.2) is 0 Å². The normalized spacial score (nSPS) is 10.2. The highest BCUT2D eigenvalue weighted by atomic mass is 35.5. The fourth-order valence-corrected chi connectivity index (χ4v) is 1.94. The zero-order valence-electron chi connectivity index (χ0n) is 10.8. The summed E-state index contributed by atoms with van der Waals surface area (Å²) >= 11 is 5.77. The number of aromatic nitrogens is 1. The molecule has 1 aromatic carbocycles. The molecular weight excluding hydrogens is 297 g/mol. The zero-order chi connectivity index (χ0) is 15.4. The number of halogens is 2. The van der Waals surface area contributed by atoms with E-state index in [1.807, 2.05) is 0 Å². The molecule has 0 atom stereocenters. The Hall–Kier alpha value is -2.47. The lowest BCUT2D eigenvalue weighted by molar-refractivity contribution is -0.117. The number of amides is 2. The minimum Gasteiger partial charge on any atom is -0.369 e. The summed E-state index contributed by atoms with van der Waals surface area (Å²) in [6.45, 7) is 0. The molecule has 108 valence electrons. The van der Waals surface area contributed by atoms with E-state index in [1.54, 1.807) is 24.3 Å². The van der Waals surface area contributed by atoms with Crippen LogP contribution in [0.15, 0.2) is 36.5 Å². The average molecular weight is 308 g/mol. The van der Waals surface area contributed by atoms with Gasteiger partial charge in [-0.05, 0) is 17.7 Å². The van der Waals surface area contributed by atoms with Crippen LogP contribution in [-0.2, 0) is 11.2 Å². The van der Waals surface area contributed by atoms with Crippen molar-refractivity contribution in [1.29, 1.82) is 0 Å². The van der Waals surface area contributed by atoms with Crippen LogP contribution in [0.1, 0.15) is 15.9 Å². The number of anilines is 1. The van der Waals surface area contributed by atoms with Crippen LogP contribution >= 0.6 is 11.6 Å². The monoisotopic (exact) mass is 307 g/mol. The molecule has 0 aliphatic heterocycles. The van der Waals surface area contributed by atoms with Gasteiger partial charge in [-0.25, -0.2) is 9.37 Å². The van der Waals surface area contributed by atoms with Crippen LogP contribution in [0.25, 0.3) is 0 Å². The fourth-order valence-electron chi connectivity index (χ4n) is 1.76. The molecule has 0 bridgehead atoms. The first-order valence-electron chi connectivity index (χ1n) is 5.96. The van der Waals surface area contributed by atoms with Gasteiger partial charge in [0.1, 0.15) is 11.0 Å². The third-order valence-electron chi connectivity index (χ3n) is 2.68. The van der Waals surface area contributed by atoms with Gasteiger partial charge in [0.2, 0.25) is 5.91 Å². The number of para-hydroxylation sites is 1. The molecule has 0 saturated heterocycles. The Balaban J connectivity index is 2.27. The Morgan fingerprint density at radius 1 is 1.33 bits per heavy atom. The standard InChI is InChI=1S/C14H11ClFN3O2/c15-13-10(6-9(16)7-18-13)14(21)19-11-4-2-1-3-8(11)5-12(17)20/h1-4,6-7H,5H2,(H2,17,20)(H,19,21). The lowest BCUT2D eigenvalue weighted by Crippen LogP contribution is -2.18. The highest BCUT2D eigenvalue weighted by molar-refractivity contribution is 6.33. The van der Waals surface area contributed by atoms with E-state index < -0.39 is 17.6 Å². The number of carbonyl (C=O) groups is 2. The first kappa shape index (κ1) is 14.9. The van der Waals surface area contributed by atoms with Crippen molar-refractivity contribution in [2.75, 3.05) is 5.32 Å². The Bertz CT molecular complexity index is 706. The largest absolute Gasteiger partial charge is 0.369 e. The van der Waals surface area contributed by atoms with Gasteiger partial charge in [0.25, 0.3) is 5.91 Å². The van der Waals surface area contributed by atoms with Crippen molar-refractivity contribution in [3.05, 3.63) is 58.6 Å². The molecule has 21 heavy (non-hydrogen) atoms. The summed E-state index contributed by atoms with van der Waals surface area (Å²) in [7, 11) is 0. The predicted molar refractivity (Wildman–Crippen MR) is 76.5 cm³/mol. The minimum atomic E-state index is -0.671. The van der Waals surface area contributed by atoms with E-state index >= 15 is 0 Å². The van der Waals surface area contributed by atoms with Crippen molar-refractivity contribution in [1.82, 2.24) is 4.98 Å². The highest BCUT2D eigenvalue weighted by Crippen LogP contribution is 2.19. The van der Waals surface area contributed by atoms with Gasteiger partial charge in [-0.3, -0.25) is 9.59 Å². The van der Waals surface area contributed by atoms with Gasteiger partial charge in [-0.2, -0.15) is 0 Å². The molecule has 0 unspecified atom stereocenters. The van der Waals surface area contributed by atoms with Crippen molar-refractivity contribution >= 4 is 29.1 Å². The molecule has 0 fully saturated rings. The quantitative estimate of drug-likeness (QED) is 0.849. The smallest absolute Gasteiger partial charge is 0.258 e. The van der Waals surface area contributed by atoms with Crippen molar-refractivity contribution < 1.29 is 14.0 Å². The summed E-state index contributed by atoms with van der Waals surface area (Å²) in [5.74, 6) is -1.82. The van der Waals surface area contributed by atoms with Crippen LogP contribution in [0.3, 0.4) is 0 Å². The maximum absolute atomic E-state index is 13.1. The molecule has 1 aromatic heterocycles. The second-order valence-corrected chi connectivity index (χ2v) is 4.60. The van der Waals surface area contributed by atoms with Gasteiger partial charge < -0.3 is 11.1 Å². The molecule has 0 radical (unpaired) electrons. The number of primary amides is 1. The lowest BCUT2D eigenvalue weighted by Gasteiger charge is -2.10. The number of benzene rings is 1. The molecule has 7 heteroatoms. The number of nitrogens with two attached hydrogens (primary N) is 1. The average Bonchev–Trinajstić information content (AvgIpc) is 2.43. The maximum Gasteiger partial charge on any atom is 0.258 e. The molecule has 0 aliphatic rings. The van der Waals surface area contributed by atoms with Crippen molar-refractivity contribution in [3.63, 3.8) is 0 Å². The third kappa shape index (κ3) is 3.76. The first-order chi connectivity index (χ1) is 9.97. The van der Waals surface area contributed by atoms with Crippen LogP contribution in [0, 0.1) is 5.82 Å². The molecule has 1 heterocycles. The van der Waals surface area contributed by atoms with Crippen LogP contribution in [0.4, 0.5) is 10.1 Å². The summed E-state index contributed by atoms with van der Waals surface area (Å²) in [5, 5.41) is 2.45. The van der Waals surface area contributed by atoms with E-state index in [2.05, 4.69) is 10.3 Å². The number of hydrogen-bond donors (Lipinski definition) is 2. The van der Waals surface area contributed by atoms with Gasteiger partial charge in [-0.1, -0.05) is 29.8 Å². The lowest BCUT2D eigenvalue weighted by atomic mass is 10.1. The summed E-state index contributed by atoms with van der Waals surface area (Å²) in [4.78, 5) is 26.7. The Kier molecular flexibility index (Phi) is 4.49. The number of rotatable bonds is 4. The SMILES string of the molecule is NC(=O)Cc1ccccc1NC(=O)c1cc(F)cnc1Cl. The van der Waals surface area contributed by atoms with E-state index in [-0.39, 0.29) is 17.1 Å². The molecular formula is C14H11ClFN3O2. The van der Waals surface area contributed by atoms with E-state index in [9.17, 15) is 14.0 Å². The Morgan fingerprint density at radius 2 is 2.05 bits per heavy atom. The molecule has 0 spiro atoms. The number of hydrogen-bond acceptors (Lipinski definition) is 3. The van der Waals surface area contributed by atoms with Crippen LogP contribution in [-0.4, -0.2) is 16.8 Å². The Labute approximate surface area is 124 Å². The third-order valence-corrected chi connectivity index (χ3v) is 2.98. The molecule has 0 saturated carbocycles. The van der Waals surface area contributed by atoms with Gasteiger partial charge in [0, 0.05) is 5.69 Å². The number of pyridine rings is 1. The molecule has 2 aromatic rings. The first-order valence-corrected chi connectivity index (χ1v) is 6.34. The highest BCUT2D eigenvalue weighted by Gasteiger charge is 2.15. The summed E-state index contributed by atoms with van der Waals surface area (Å²) in [6.07, 6.45) is 0.895. The topological polar surface area (TPSA) is 85.1 Å². The van der Waals surface area contributed by atoms with Crippen LogP contribution in [0.5, 0.6) is 0 Å². The fraction of sp³-hybridized carbons (Fsp3) is 0.0714. The second kappa shape index (κ2) is 6.32. The molecule has 0 aliphatic carbocycles. The number of nitrogens with one attached hydrogen (secondary N) is 1. The maximum atomic E-state index is 13.1. The van der Waals surface area contributed by atoms with Crippen molar-refractivity contribution in [2.45, 2.75) is 6.42 Å². The van der Waals surface area contributed by atoms with Crippen LogP contribution in [0.2, 0.25) is 5.15 Å². The van der Waals surface area contributed by atoms with Crippen molar-refractivity contribution in [3.8, 4) is 0 Å². The molecule has 3 N–H and O–H groups in total. The van der Waals surface area contributed by atoms with E-state index in [0.29, 0.717) is 11.3 Å². The van der Waals surface area contributed by atoms with Crippen LogP contribution < -0.4 is 11.1 Å². The summed E-state index contributed by atoms with van der Waals surface area (Å²) < 4.78 is 13.1. The second-order valence-electron chi connectivity index (χ2n) is 4.25. The van der Waals surface area contributed by atoms with E-state index in [4.69, 9.17) is 17.3 Å². The predicted octanol–water partition coefficient (Wildman–Crippen LogP) is 2.15. The molecule has 2 amide bonds. The minimum absolute atomic E-state index is 0.0222. The molecule has 2 rings (SSSR count). The Morgan fingerprint density at radius 3 is 2.76 bits per heavy atom. The van der Waals surface area contributed by atoms with Crippen molar-refractivity contribution in [2.24, 2.45) is 5.73 Å². The van der Waals surface area contributed by atoms with Gasteiger partial charge in [0.05, 0.1) is 18.2 Å². The van der Waals surface area contributed by atoms with Gasteiger partial charge >= 0.3 is 0 Å². The summed E-state index contributed by atoms with van der Waals surface area (Å²) in [5.41, 5.74) is 6.01. The summed E-state index contributed by atoms with van der Waals surface area (Å²) in [6, 6.07) is 7.65. The zero-order valence-corrected chi connectivity index (χ0v) is 11.5. The molecule has 5 nitrogen and oxygen atoms in total. The number of carbonyl (C=O) groups excluding carboxylic acids is 2.